The Morgan fingerprint density at radius 2 is 1.59 bits per heavy atom. The van der Waals surface area contributed by atoms with Crippen molar-refractivity contribution in [3.05, 3.63) is 84.0 Å². The Bertz CT molecular complexity index is 1170. The summed E-state index contributed by atoms with van der Waals surface area (Å²) in [6.07, 6.45) is 10.8. The van der Waals surface area contributed by atoms with Gasteiger partial charge in [-0.05, 0) is 54.5 Å². The molecule has 5 rings (SSSR count). The third kappa shape index (κ3) is 3.26. The summed E-state index contributed by atoms with van der Waals surface area (Å²) < 4.78 is 30.1. The molecule has 0 aliphatic heterocycles. The number of aromatic nitrogens is 6. The average Bonchev–Trinajstić information content (AvgIpc) is 3.44. The van der Waals surface area contributed by atoms with Crippen LogP contribution >= 0.6 is 0 Å². The maximum absolute atomic E-state index is 14.3. The van der Waals surface area contributed by atoms with Crippen LogP contribution in [-0.2, 0) is 0 Å². The van der Waals surface area contributed by atoms with Gasteiger partial charge < -0.3 is 4.57 Å². The molecule has 0 unspecified atom stereocenters. The first-order valence-corrected chi connectivity index (χ1v) is 9.19. The van der Waals surface area contributed by atoms with E-state index in [-0.39, 0.29) is 17.5 Å². The van der Waals surface area contributed by atoms with Crippen molar-refractivity contribution in [3.8, 4) is 17.3 Å². The van der Waals surface area contributed by atoms with Crippen molar-refractivity contribution in [1.82, 2.24) is 29.5 Å². The molecule has 0 N–H and O–H groups in total. The Hall–Kier alpha value is -3.55. The predicted molar refractivity (Wildman–Crippen MR) is 101 cm³/mol. The highest BCUT2D eigenvalue weighted by atomic mass is 19.2. The zero-order valence-electron chi connectivity index (χ0n) is 15.5. The molecule has 4 aromatic rings. The van der Waals surface area contributed by atoms with E-state index >= 15 is 0 Å². The molecule has 0 radical (unpaired) electrons. The van der Waals surface area contributed by atoms with E-state index in [1.165, 1.54) is 17.0 Å². The van der Waals surface area contributed by atoms with Crippen LogP contribution in [0.1, 0.15) is 35.1 Å². The lowest BCUT2D eigenvalue weighted by Crippen LogP contribution is -2.00. The number of halogens is 2. The van der Waals surface area contributed by atoms with Crippen molar-refractivity contribution in [1.29, 1.82) is 0 Å². The molecule has 144 valence electrons. The first kappa shape index (κ1) is 17.5. The smallest absolute Gasteiger partial charge is 0.197 e. The van der Waals surface area contributed by atoms with Crippen molar-refractivity contribution in [3.63, 3.8) is 0 Å². The lowest BCUT2D eigenvalue weighted by molar-refractivity contribution is 0.502. The fourth-order valence-electron chi connectivity index (χ4n) is 3.54. The number of rotatable bonds is 4. The van der Waals surface area contributed by atoms with E-state index in [0.29, 0.717) is 11.6 Å². The minimum atomic E-state index is -0.876. The summed E-state index contributed by atoms with van der Waals surface area (Å²) >= 11 is 0. The van der Waals surface area contributed by atoms with Gasteiger partial charge in [0.25, 0.3) is 0 Å². The van der Waals surface area contributed by atoms with Crippen LogP contribution in [0, 0.1) is 18.6 Å². The highest BCUT2D eigenvalue weighted by Crippen LogP contribution is 2.54. The summed E-state index contributed by atoms with van der Waals surface area (Å²) in [5.74, 6) is -0.551. The quantitative estimate of drug-likeness (QED) is 0.527. The third-order valence-electron chi connectivity index (χ3n) is 5.11. The van der Waals surface area contributed by atoms with Crippen LogP contribution in [0.25, 0.3) is 17.3 Å². The third-order valence-corrected chi connectivity index (χ3v) is 5.11. The summed E-state index contributed by atoms with van der Waals surface area (Å²) in [5, 5.41) is 0. The number of benzene rings is 1. The van der Waals surface area contributed by atoms with E-state index < -0.39 is 11.6 Å². The van der Waals surface area contributed by atoms with Crippen molar-refractivity contribution in [2.75, 3.05) is 0 Å². The van der Waals surface area contributed by atoms with E-state index in [1.54, 1.807) is 50.0 Å². The Labute approximate surface area is 165 Å². The van der Waals surface area contributed by atoms with E-state index in [0.717, 1.165) is 23.2 Å². The van der Waals surface area contributed by atoms with Gasteiger partial charge >= 0.3 is 0 Å². The molecule has 0 spiro atoms. The van der Waals surface area contributed by atoms with Gasteiger partial charge in [0.1, 0.15) is 0 Å². The molecule has 2 atom stereocenters. The summed E-state index contributed by atoms with van der Waals surface area (Å²) in [6.45, 7) is 1.80. The maximum Gasteiger partial charge on any atom is 0.197 e. The molecule has 1 aliphatic rings. The molecule has 29 heavy (non-hydrogen) atoms. The minimum absolute atomic E-state index is 0.0934. The van der Waals surface area contributed by atoms with Gasteiger partial charge in [0.15, 0.2) is 23.3 Å². The topological polar surface area (TPSA) is 69.4 Å². The van der Waals surface area contributed by atoms with E-state index in [1.807, 2.05) is 0 Å². The Balaban J connectivity index is 1.41. The second-order valence-electron chi connectivity index (χ2n) is 7.12. The summed E-state index contributed by atoms with van der Waals surface area (Å²) in [4.78, 5) is 21.1. The predicted octanol–water partition coefficient (Wildman–Crippen LogP) is 3.98. The molecule has 1 aliphatic carbocycles. The molecular weight excluding hydrogens is 374 g/mol. The normalized spacial score (nSPS) is 18.0. The fraction of sp³-hybridized carbons (Fsp3) is 0.190. The Morgan fingerprint density at radius 1 is 0.897 bits per heavy atom. The van der Waals surface area contributed by atoms with Crippen LogP contribution in [0.4, 0.5) is 8.78 Å². The van der Waals surface area contributed by atoms with Crippen LogP contribution in [0.2, 0.25) is 0 Å². The standard InChI is InChI=1S/C21H16F2N6/c1-12-10-29(11-28-12)18-6-13(5-17(22)19(18)23)15-7-16(15)14-8-26-21(27-9-14)20-24-3-2-4-25-20/h2-6,8-11,15-16H,7H2,1H3/t15-,16+/m1/s1. The second kappa shape index (κ2) is 6.80. The van der Waals surface area contributed by atoms with Crippen LogP contribution in [0.3, 0.4) is 0 Å². The zero-order chi connectivity index (χ0) is 20.0. The molecule has 0 amide bonds. The largest absolute Gasteiger partial charge is 0.303 e. The summed E-state index contributed by atoms with van der Waals surface area (Å²) in [6, 6.07) is 4.70. The molecule has 6 nitrogen and oxygen atoms in total. The highest BCUT2D eigenvalue weighted by molar-refractivity contribution is 5.46. The molecule has 0 bridgehead atoms. The Kier molecular flexibility index (Phi) is 4.12. The van der Waals surface area contributed by atoms with E-state index in [4.69, 9.17) is 0 Å². The van der Waals surface area contributed by atoms with Gasteiger partial charge in [0, 0.05) is 31.0 Å². The average molecular weight is 390 g/mol. The van der Waals surface area contributed by atoms with Crippen LogP contribution in [-0.4, -0.2) is 29.5 Å². The second-order valence-corrected chi connectivity index (χ2v) is 7.12. The molecule has 1 fully saturated rings. The van der Waals surface area contributed by atoms with E-state index in [9.17, 15) is 8.78 Å². The number of imidazole rings is 1. The van der Waals surface area contributed by atoms with E-state index in [2.05, 4.69) is 24.9 Å². The first-order chi connectivity index (χ1) is 14.1. The maximum atomic E-state index is 14.3. The zero-order valence-corrected chi connectivity index (χ0v) is 15.5. The highest BCUT2D eigenvalue weighted by Gasteiger charge is 2.40. The molecule has 3 aromatic heterocycles. The van der Waals surface area contributed by atoms with Crippen molar-refractivity contribution < 1.29 is 8.78 Å². The summed E-state index contributed by atoms with van der Waals surface area (Å²) in [5.41, 5.74) is 2.61. The van der Waals surface area contributed by atoms with Gasteiger partial charge in [-0.15, -0.1) is 0 Å². The number of nitrogens with zero attached hydrogens (tertiary/aromatic N) is 6. The molecule has 1 aromatic carbocycles. The van der Waals surface area contributed by atoms with Crippen molar-refractivity contribution >= 4 is 0 Å². The van der Waals surface area contributed by atoms with Gasteiger partial charge in [-0.3, -0.25) is 0 Å². The lowest BCUT2D eigenvalue weighted by Gasteiger charge is -2.09. The SMILES string of the molecule is Cc1cn(-c2cc([C@H]3C[C@H]3c3cnc(-c4ncccn4)nc3)cc(F)c2F)cn1. The monoisotopic (exact) mass is 390 g/mol. The molecular formula is C21H16F2N6. The van der Waals surface area contributed by atoms with Gasteiger partial charge in [0.05, 0.1) is 17.7 Å². The van der Waals surface area contributed by atoms with Crippen molar-refractivity contribution in [2.45, 2.75) is 25.2 Å². The lowest BCUT2D eigenvalue weighted by atomic mass is 10.1. The molecule has 8 heteroatoms. The fourth-order valence-corrected chi connectivity index (χ4v) is 3.54. The number of aryl methyl sites for hydroxylation is 1. The molecule has 1 saturated carbocycles. The Morgan fingerprint density at radius 3 is 2.28 bits per heavy atom. The minimum Gasteiger partial charge on any atom is -0.303 e. The van der Waals surface area contributed by atoms with Gasteiger partial charge in [0.2, 0.25) is 0 Å². The van der Waals surface area contributed by atoms with Crippen LogP contribution in [0.15, 0.2) is 55.5 Å². The van der Waals surface area contributed by atoms with Crippen molar-refractivity contribution in [2.24, 2.45) is 0 Å². The number of hydrogen-bond donors (Lipinski definition) is 0. The molecule has 3 heterocycles. The first-order valence-electron chi connectivity index (χ1n) is 9.19. The molecule has 0 saturated heterocycles. The summed E-state index contributed by atoms with van der Waals surface area (Å²) in [7, 11) is 0. The van der Waals surface area contributed by atoms with Gasteiger partial charge in [-0.1, -0.05) is 0 Å². The number of hydrogen-bond acceptors (Lipinski definition) is 5. The van der Waals surface area contributed by atoms with Crippen LogP contribution in [0.5, 0.6) is 0 Å². The van der Waals surface area contributed by atoms with Gasteiger partial charge in [-0.2, -0.15) is 0 Å². The van der Waals surface area contributed by atoms with Crippen LogP contribution < -0.4 is 0 Å². The van der Waals surface area contributed by atoms with Gasteiger partial charge in [-0.25, -0.2) is 33.7 Å².